The van der Waals surface area contributed by atoms with Gasteiger partial charge in [-0.15, -0.1) is 0 Å². The Hall–Kier alpha value is -1.69. The summed E-state index contributed by atoms with van der Waals surface area (Å²) in [6, 6.07) is 5.17. The molecular formula is C11H13O7P. The van der Waals surface area contributed by atoms with Gasteiger partial charge in [0.2, 0.25) is 0 Å². The number of esters is 1. The van der Waals surface area contributed by atoms with E-state index in [0.717, 1.165) is 6.66 Å². The standard InChI is InChI=1S/C11H13O7P/c1-19(15,16)18-11(14)9-4-2-8(3-5-9)10(13)17-7-6-12/h2-5,12H,6-7H2,1H3,(H,15,16). The molecule has 0 fully saturated rings. The maximum absolute atomic E-state index is 11.4. The SMILES string of the molecule is CP(=O)(O)OC(=O)c1ccc(C(=O)OCCO)cc1. The van der Waals surface area contributed by atoms with Crippen molar-refractivity contribution in [2.24, 2.45) is 0 Å². The number of hydrogen-bond donors (Lipinski definition) is 2. The molecule has 0 saturated carbocycles. The van der Waals surface area contributed by atoms with Crippen molar-refractivity contribution in [3.05, 3.63) is 35.4 Å². The van der Waals surface area contributed by atoms with Crippen molar-refractivity contribution in [1.29, 1.82) is 0 Å². The third-order valence-corrected chi connectivity index (χ3v) is 2.44. The average molecular weight is 288 g/mol. The van der Waals surface area contributed by atoms with Gasteiger partial charge in [0.15, 0.2) is 0 Å². The highest BCUT2D eigenvalue weighted by atomic mass is 31.2. The van der Waals surface area contributed by atoms with Gasteiger partial charge in [0, 0.05) is 6.66 Å². The highest BCUT2D eigenvalue weighted by molar-refractivity contribution is 7.52. The van der Waals surface area contributed by atoms with Crippen molar-refractivity contribution in [2.75, 3.05) is 19.9 Å². The third kappa shape index (κ3) is 5.21. The van der Waals surface area contributed by atoms with Gasteiger partial charge in [0.25, 0.3) is 0 Å². The molecule has 0 heterocycles. The number of hydrogen-bond acceptors (Lipinski definition) is 6. The second-order valence-corrected chi connectivity index (χ2v) is 5.41. The molecule has 0 spiro atoms. The zero-order chi connectivity index (χ0) is 14.5. The van der Waals surface area contributed by atoms with Crippen LogP contribution in [-0.2, 0) is 13.8 Å². The fourth-order valence-corrected chi connectivity index (χ4v) is 1.58. The summed E-state index contributed by atoms with van der Waals surface area (Å²) in [6.45, 7) is 0.496. The summed E-state index contributed by atoms with van der Waals surface area (Å²) in [7, 11) is -3.90. The number of aliphatic hydroxyl groups is 1. The Morgan fingerprint density at radius 3 is 2.05 bits per heavy atom. The molecule has 1 atom stereocenters. The molecule has 0 aromatic heterocycles. The van der Waals surface area contributed by atoms with Crippen LogP contribution >= 0.6 is 7.60 Å². The van der Waals surface area contributed by atoms with Crippen LogP contribution in [0, 0.1) is 0 Å². The van der Waals surface area contributed by atoms with E-state index in [-0.39, 0.29) is 24.3 Å². The molecule has 1 unspecified atom stereocenters. The molecule has 8 heteroatoms. The summed E-state index contributed by atoms with van der Waals surface area (Å²) in [6.07, 6.45) is 0. The largest absolute Gasteiger partial charge is 0.460 e. The molecule has 0 aliphatic rings. The maximum atomic E-state index is 11.4. The molecule has 1 aromatic rings. The van der Waals surface area contributed by atoms with Gasteiger partial charge in [-0.1, -0.05) is 0 Å². The highest BCUT2D eigenvalue weighted by Crippen LogP contribution is 2.37. The van der Waals surface area contributed by atoms with Crippen molar-refractivity contribution < 1.29 is 33.4 Å². The van der Waals surface area contributed by atoms with Gasteiger partial charge in [-0.2, -0.15) is 0 Å². The minimum atomic E-state index is -3.90. The molecule has 1 aromatic carbocycles. The van der Waals surface area contributed by atoms with Crippen LogP contribution in [0.4, 0.5) is 0 Å². The first-order chi connectivity index (χ1) is 8.83. The molecule has 19 heavy (non-hydrogen) atoms. The second-order valence-electron chi connectivity index (χ2n) is 3.62. The lowest BCUT2D eigenvalue weighted by atomic mass is 10.1. The predicted octanol–water partition coefficient (Wildman–Crippen LogP) is 0.808. The average Bonchev–Trinajstić information content (AvgIpc) is 2.34. The van der Waals surface area contributed by atoms with E-state index < -0.39 is 19.5 Å². The van der Waals surface area contributed by atoms with Crippen LogP contribution < -0.4 is 0 Å². The van der Waals surface area contributed by atoms with Crippen molar-refractivity contribution in [2.45, 2.75) is 0 Å². The number of rotatable bonds is 5. The molecule has 0 saturated heterocycles. The highest BCUT2D eigenvalue weighted by Gasteiger charge is 2.18. The van der Waals surface area contributed by atoms with Gasteiger partial charge in [-0.05, 0) is 24.3 Å². The summed E-state index contributed by atoms with van der Waals surface area (Å²) >= 11 is 0. The first-order valence-corrected chi connectivity index (χ1v) is 7.28. The molecule has 2 N–H and O–H groups in total. The monoisotopic (exact) mass is 288 g/mol. The molecule has 0 aliphatic heterocycles. The second kappa shape index (κ2) is 6.47. The molecule has 0 bridgehead atoms. The van der Waals surface area contributed by atoms with Crippen LogP contribution in [0.3, 0.4) is 0 Å². The summed E-state index contributed by atoms with van der Waals surface area (Å²) in [5.74, 6) is -1.60. The fraction of sp³-hybridized carbons (Fsp3) is 0.273. The van der Waals surface area contributed by atoms with E-state index in [1.807, 2.05) is 0 Å². The van der Waals surface area contributed by atoms with E-state index in [2.05, 4.69) is 9.26 Å². The van der Waals surface area contributed by atoms with Gasteiger partial charge in [0.05, 0.1) is 17.7 Å². The van der Waals surface area contributed by atoms with Gasteiger partial charge in [-0.25, -0.2) is 14.2 Å². The third-order valence-electron chi connectivity index (χ3n) is 1.93. The minimum absolute atomic E-state index is 0.0369. The number of ether oxygens (including phenoxy) is 1. The van der Waals surface area contributed by atoms with Crippen LogP contribution in [0.2, 0.25) is 0 Å². The molecular weight excluding hydrogens is 275 g/mol. The Balaban J connectivity index is 2.73. The van der Waals surface area contributed by atoms with Crippen molar-refractivity contribution in [3.63, 3.8) is 0 Å². The Kier molecular flexibility index (Phi) is 5.23. The maximum Gasteiger partial charge on any atom is 0.375 e. The minimum Gasteiger partial charge on any atom is -0.460 e. The quantitative estimate of drug-likeness (QED) is 0.609. The van der Waals surface area contributed by atoms with Gasteiger partial charge in [-0.3, -0.25) is 0 Å². The number of aliphatic hydroxyl groups excluding tert-OH is 1. The van der Waals surface area contributed by atoms with Gasteiger partial charge in [0.1, 0.15) is 6.61 Å². The molecule has 0 amide bonds. The smallest absolute Gasteiger partial charge is 0.375 e. The first-order valence-electron chi connectivity index (χ1n) is 5.26. The van der Waals surface area contributed by atoms with Gasteiger partial charge >= 0.3 is 19.5 Å². The zero-order valence-corrected chi connectivity index (χ0v) is 11.0. The number of benzene rings is 1. The lowest BCUT2D eigenvalue weighted by Gasteiger charge is -2.07. The van der Waals surface area contributed by atoms with Crippen molar-refractivity contribution >= 4 is 19.5 Å². The summed E-state index contributed by atoms with van der Waals surface area (Å²) in [5.41, 5.74) is 0.225. The van der Waals surface area contributed by atoms with E-state index in [4.69, 9.17) is 10.00 Å². The number of carbonyl (C=O) groups is 2. The molecule has 104 valence electrons. The van der Waals surface area contributed by atoms with Crippen LogP contribution in [-0.4, -0.2) is 41.8 Å². The Morgan fingerprint density at radius 1 is 1.16 bits per heavy atom. The van der Waals surface area contributed by atoms with Crippen LogP contribution in [0.5, 0.6) is 0 Å². The Labute approximate surface area is 109 Å². The van der Waals surface area contributed by atoms with E-state index in [9.17, 15) is 14.2 Å². The number of carbonyl (C=O) groups excluding carboxylic acids is 2. The van der Waals surface area contributed by atoms with Gasteiger partial charge < -0.3 is 19.3 Å². The van der Waals surface area contributed by atoms with Crippen LogP contribution in [0.15, 0.2) is 24.3 Å². The van der Waals surface area contributed by atoms with Crippen molar-refractivity contribution in [1.82, 2.24) is 0 Å². The van der Waals surface area contributed by atoms with E-state index in [1.54, 1.807) is 0 Å². The van der Waals surface area contributed by atoms with E-state index in [0.29, 0.717) is 0 Å². The first kappa shape index (κ1) is 15.4. The Morgan fingerprint density at radius 2 is 1.63 bits per heavy atom. The summed E-state index contributed by atoms with van der Waals surface area (Å²) in [4.78, 5) is 31.7. The molecule has 7 nitrogen and oxygen atoms in total. The zero-order valence-electron chi connectivity index (χ0n) is 10.1. The summed E-state index contributed by atoms with van der Waals surface area (Å²) in [5, 5.41) is 8.50. The topological polar surface area (TPSA) is 110 Å². The fourth-order valence-electron chi connectivity index (χ4n) is 1.17. The summed E-state index contributed by atoms with van der Waals surface area (Å²) < 4.78 is 19.9. The van der Waals surface area contributed by atoms with Crippen LogP contribution in [0.25, 0.3) is 0 Å². The van der Waals surface area contributed by atoms with E-state index >= 15 is 0 Å². The Bertz CT molecular complexity index is 502. The molecule has 0 radical (unpaired) electrons. The lowest BCUT2D eigenvalue weighted by Crippen LogP contribution is -2.09. The molecule has 0 aliphatic carbocycles. The normalized spacial score (nSPS) is 13.4. The van der Waals surface area contributed by atoms with Crippen molar-refractivity contribution in [3.8, 4) is 0 Å². The predicted molar refractivity (Wildman–Crippen MR) is 65.0 cm³/mol. The van der Waals surface area contributed by atoms with E-state index in [1.165, 1.54) is 24.3 Å². The van der Waals surface area contributed by atoms with Crippen LogP contribution in [0.1, 0.15) is 20.7 Å². The molecule has 1 rings (SSSR count). The lowest BCUT2D eigenvalue weighted by molar-refractivity contribution is 0.0433.